The Morgan fingerprint density at radius 1 is 1.50 bits per heavy atom. The zero-order chi connectivity index (χ0) is 13.7. The number of pyridine rings is 1. The molecule has 0 saturated carbocycles. The largest absolute Gasteiger partial charge is 0.466 e. The van der Waals surface area contributed by atoms with Gasteiger partial charge in [-0.15, -0.1) is 0 Å². The van der Waals surface area contributed by atoms with Crippen molar-refractivity contribution < 1.29 is 14.6 Å². The normalized spacial score (nSPS) is 14.3. The van der Waals surface area contributed by atoms with E-state index in [0.717, 1.165) is 5.56 Å². The topological polar surface area (TPSA) is 59.4 Å². The molecule has 18 heavy (non-hydrogen) atoms. The van der Waals surface area contributed by atoms with Gasteiger partial charge in [-0.1, -0.05) is 13.8 Å². The van der Waals surface area contributed by atoms with Crippen molar-refractivity contribution in [1.29, 1.82) is 0 Å². The van der Waals surface area contributed by atoms with E-state index in [-0.39, 0.29) is 11.9 Å². The third-order valence-electron chi connectivity index (χ3n) is 3.02. The molecule has 0 radical (unpaired) electrons. The van der Waals surface area contributed by atoms with Crippen molar-refractivity contribution in [3.05, 3.63) is 29.6 Å². The fourth-order valence-corrected chi connectivity index (χ4v) is 1.98. The molecule has 0 amide bonds. The number of aliphatic hydroxyl groups is 1. The van der Waals surface area contributed by atoms with E-state index in [9.17, 15) is 9.90 Å². The van der Waals surface area contributed by atoms with Crippen LogP contribution in [0.3, 0.4) is 0 Å². The summed E-state index contributed by atoms with van der Waals surface area (Å²) < 4.78 is 5.03. The lowest BCUT2D eigenvalue weighted by Crippen LogP contribution is -2.29. The van der Waals surface area contributed by atoms with E-state index in [1.165, 1.54) is 0 Å². The second kappa shape index (κ2) is 6.50. The van der Waals surface area contributed by atoms with E-state index in [4.69, 9.17) is 4.74 Å². The first-order valence-corrected chi connectivity index (χ1v) is 6.24. The molecule has 1 N–H and O–H groups in total. The minimum absolute atomic E-state index is 0.00124. The lowest BCUT2D eigenvalue weighted by Gasteiger charge is -2.25. The molecule has 0 aliphatic rings. The predicted molar refractivity (Wildman–Crippen MR) is 68.9 cm³/mol. The number of aromatic nitrogens is 1. The van der Waals surface area contributed by atoms with Gasteiger partial charge in [0, 0.05) is 18.0 Å². The lowest BCUT2D eigenvalue weighted by atomic mass is 9.86. The Morgan fingerprint density at radius 3 is 2.67 bits per heavy atom. The third-order valence-corrected chi connectivity index (χ3v) is 3.02. The SMILES string of the molecule is CCOC(=O)C(C(C)C)C(O)c1cnccc1C. The van der Waals surface area contributed by atoms with E-state index >= 15 is 0 Å². The molecule has 0 bridgehead atoms. The summed E-state index contributed by atoms with van der Waals surface area (Å²) >= 11 is 0. The van der Waals surface area contributed by atoms with Crippen LogP contribution in [0.25, 0.3) is 0 Å². The number of esters is 1. The molecule has 2 atom stereocenters. The smallest absolute Gasteiger partial charge is 0.312 e. The molecule has 1 heterocycles. The zero-order valence-corrected chi connectivity index (χ0v) is 11.4. The van der Waals surface area contributed by atoms with Crippen molar-refractivity contribution >= 4 is 5.97 Å². The third kappa shape index (κ3) is 3.29. The maximum Gasteiger partial charge on any atom is 0.312 e. The second-order valence-corrected chi connectivity index (χ2v) is 4.70. The Bertz CT molecular complexity index is 404. The lowest BCUT2D eigenvalue weighted by molar-refractivity contribution is -0.154. The maximum atomic E-state index is 11.9. The van der Waals surface area contributed by atoms with E-state index in [2.05, 4.69) is 4.98 Å². The van der Waals surface area contributed by atoms with Crippen LogP contribution in [0.15, 0.2) is 18.5 Å². The number of hydrogen-bond donors (Lipinski definition) is 1. The minimum atomic E-state index is -0.877. The van der Waals surface area contributed by atoms with E-state index < -0.39 is 12.0 Å². The van der Waals surface area contributed by atoms with Gasteiger partial charge in [0.1, 0.15) is 0 Å². The van der Waals surface area contributed by atoms with Gasteiger partial charge in [-0.25, -0.2) is 0 Å². The van der Waals surface area contributed by atoms with E-state index in [1.54, 1.807) is 19.3 Å². The molecule has 100 valence electrons. The Hall–Kier alpha value is -1.42. The second-order valence-electron chi connectivity index (χ2n) is 4.70. The molecule has 0 aliphatic heterocycles. The number of carbonyl (C=O) groups is 1. The molecule has 0 aliphatic carbocycles. The highest BCUT2D eigenvalue weighted by Gasteiger charge is 2.32. The summed E-state index contributed by atoms with van der Waals surface area (Å²) in [6.45, 7) is 7.77. The first-order chi connectivity index (χ1) is 8.49. The number of hydrogen-bond acceptors (Lipinski definition) is 4. The number of ether oxygens (including phenoxy) is 1. The van der Waals surface area contributed by atoms with Crippen LogP contribution in [0, 0.1) is 18.8 Å². The summed E-state index contributed by atoms with van der Waals surface area (Å²) in [6.07, 6.45) is 2.40. The molecule has 0 fully saturated rings. The average molecular weight is 251 g/mol. The maximum absolute atomic E-state index is 11.9. The molecular formula is C14H21NO3. The van der Waals surface area contributed by atoms with Crippen LogP contribution in [0.5, 0.6) is 0 Å². The summed E-state index contributed by atoms with van der Waals surface area (Å²) in [4.78, 5) is 15.9. The molecule has 2 unspecified atom stereocenters. The number of carbonyl (C=O) groups excluding carboxylic acids is 1. The Morgan fingerprint density at radius 2 is 2.17 bits per heavy atom. The predicted octanol–water partition coefficient (Wildman–Crippen LogP) is 2.26. The van der Waals surface area contributed by atoms with Crippen LogP contribution < -0.4 is 0 Å². The first kappa shape index (κ1) is 14.6. The highest BCUT2D eigenvalue weighted by molar-refractivity contribution is 5.73. The van der Waals surface area contributed by atoms with Crippen molar-refractivity contribution in [2.75, 3.05) is 6.61 Å². The highest BCUT2D eigenvalue weighted by Crippen LogP contribution is 2.30. The van der Waals surface area contributed by atoms with Gasteiger partial charge in [-0.3, -0.25) is 9.78 Å². The molecule has 0 saturated heterocycles. The molecule has 4 heteroatoms. The van der Waals surface area contributed by atoms with Crippen molar-refractivity contribution in [1.82, 2.24) is 4.98 Å². The van der Waals surface area contributed by atoms with Crippen LogP contribution >= 0.6 is 0 Å². The highest BCUT2D eigenvalue weighted by atomic mass is 16.5. The van der Waals surface area contributed by atoms with Gasteiger partial charge in [0.2, 0.25) is 0 Å². The summed E-state index contributed by atoms with van der Waals surface area (Å²) in [7, 11) is 0. The average Bonchev–Trinajstić information content (AvgIpc) is 2.29. The molecule has 0 aromatic carbocycles. The number of rotatable bonds is 5. The molecule has 4 nitrogen and oxygen atoms in total. The van der Waals surface area contributed by atoms with Crippen LogP contribution in [-0.4, -0.2) is 22.7 Å². The number of nitrogens with zero attached hydrogens (tertiary/aromatic N) is 1. The summed E-state index contributed by atoms with van der Waals surface area (Å²) in [5.41, 5.74) is 1.61. The molecule has 1 aromatic heterocycles. The number of aliphatic hydroxyl groups excluding tert-OH is 1. The van der Waals surface area contributed by atoms with Crippen molar-refractivity contribution in [2.45, 2.75) is 33.8 Å². The molecule has 1 aromatic rings. The summed E-state index contributed by atoms with van der Waals surface area (Å²) in [6, 6.07) is 1.82. The van der Waals surface area contributed by atoms with Gasteiger partial charge in [0.15, 0.2) is 0 Å². The Balaban J connectivity index is 3.00. The van der Waals surface area contributed by atoms with Gasteiger partial charge in [-0.2, -0.15) is 0 Å². The van der Waals surface area contributed by atoms with E-state index in [0.29, 0.717) is 12.2 Å². The molecular weight excluding hydrogens is 230 g/mol. The van der Waals surface area contributed by atoms with Crippen molar-refractivity contribution in [3.63, 3.8) is 0 Å². The Kier molecular flexibility index (Phi) is 5.28. The summed E-state index contributed by atoms with van der Waals surface area (Å²) in [5, 5.41) is 10.4. The van der Waals surface area contributed by atoms with Crippen molar-refractivity contribution in [3.8, 4) is 0 Å². The van der Waals surface area contributed by atoms with Crippen LogP contribution in [0.1, 0.15) is 38.0 Å². The Labute approximate surface area is 108 Å². The number of aryl methyl sites for hydroxylation is 1. The van der Waals surface area contributed by atoms with Gasteiger partial charge in [0.25, 0.3) is 0 Å². The van der Waals surface area contributed by atoms with Crippen LogP contribution in [-0.2, 0) is 9.53 Å². The van der Waals surface area contributed by atoms with Gasteiger partial charge < -0.3 is 9.84 Å². The van der Waals surface area contributed by atoms with Gasteiger partial charge in [-0.05, 0) is 31.4 Å². The van der Waals surface area contributed by atoms with E-state index in [1.807, 2.05) is 26.8 Å². The van der Waals surface area contributed by atoms with Gasteiger partial charge >= 0.3 is 5.97 Å². The quantitative estimate of drug-likeness (QED) is 0.815. The first-order valence-electron chi connectivity index (χ1n) is 6.24. The molecule has 0 spiro atoms. The fourth-order valence-electron chi connectivity index (χ4n) is 1.98. The molecule has 1 rings (SSSR count). The summed E-state index contributed by atoms with van der Waals surface area (Å²) in [5.74, 6) is -0.922. The zero-order valence-electron chi connectivity index (χ0n) is 11.4. The van der Waals surface area contributed by atoms with Crippen LogP contribution in [0.4, 0.5) is 0 Å². The van der Waals surface area contributed by atoms with Crippen molar-refractivity contribution in [2.24, 2.45) is 11.8 Å². The monoisotopic (exact) mass is 251 g/mol. The van der Waals surface area contributed by atoms with Gasteiger partial charge in [0.05, 0.1) is 18.6 Å². The fraction of sp³-hybridized carbons (Fsp3) is 0.571. The van der Waals surface area contributed by atoms with Crippen LogP contribution in [0.2, 0.25) is 0 Å². The standard InChI is InChI=1S/C14H21NO3/c1-5-18-14(17)12(9(2)3)13(16)11-8-15-7-6-10(11)4/h6-9,12-13,16H,5H2,1-4H3. The minimum Gasteiger partial charge on any atom is -0.466 e.